The van der Waals surface area contributed by atoms with Crippen molar-refractivity contribution in [1.29, 1.82) is 0 Å². The van der Waals surface area contributed by atoms with Gasteiger partial charge in [-0.15, -0.1) is 11.3 Å². The lowest BCUT2D eigenvalue weighted by Crippen LogP contribution is -2.13. The van der Waals surface area contributed by atoms with Crippen LogP contribution in [0.15, 0.2) is 60.1 Å². The zero-order valence-electron chi connectivity index (χ0n) is 14.9. The molecular weight excluding hydrogens is 394 g/mol. The number of thiazole rings is 1. The second-order valence-electron chi connectivity index (χ2n) is 5.94. The van der Waals surface area contributed by atoms with Gasteiger partial charge in [-0.1, -0.05) is 35.9 Å². The minimum absolute atomic E-state index is 0.294. The Balaban J connectivity index is 1.79. The summed E-state index contributed by atoms with van der Waals surface area (Å²) in [7, 11) is 1.85. The van der Waals surface area contributed by atoms with Gasteiger partial charge in [-0.05, 0) is 24.3 Å². The number of hydrogen-bond donors (Lipinski definition) is 3. The van der Waals surface area contributed by atoms with Crippen LogP contribution < -0.4 is 10.6 Å². The van der Waals surface area contributed by atoms with Crippen LogP contribution in [-0.2, 0) is 0 Å². The summed E-state index contributed by atoms with van der Waals surface area (Å²) in [5.41, 5.74) is 3.56. The van der Waals surface area contributed by atoms with Gasteiger partial charge in [-0.3, -0.25) is 10.1 Å². The number of halogens is 1. The fourth-order valence-corrected chi connectivity index (χ4v) is 3.41. The monoisotopic (exact) mass is 409 g/mol. The molecule has 0 spiro atoms. The fraction of sp³-hybridized carbons (Fsp3) is 0.0500. The minimum atomic E-state index is -0.327. The third kappa shape index (κ3) is 3.76. The van der Waals surface area contributed by atoms with E-state index in [1.807, 2.05) is 43.4 Å². The van der Waals surface area contributed by atoms with E-state index in [2.05, 4.69) is 25.6 Å². The summed E-state index contributed by atoms with van der Waals surface area (Å²) in [5, 5.41) is 8.85. The molecule has 2 aromatic carbocycles. The first kappa shape index (κ1) is 18.2. The molecule has 0 fully saturated rings. The zero-order valence-corrected chi connectivity index (χ0v) is 16.4. The predicted octanol–water partition coefficient (Wildman–Crippen LogP) is 5.15. The van der Waals surface area contributed by atoms with E-state index < -0.39 is 0 Å². The van der Waals surface area contributed by atoms with Crippen LogP contribution in [0, 0.1) is 0 Å². The lowest BCUT2D eigenvalue weighted by Gasteiger charge is -2.03. The molecule has 0 saturated carbocycles. The highest BCUT2D eigenvalue weighted by molar-refractivity contribution is 7.13. The number of imidazole rings is 1. The van der Waals surface area contributed by atoms with Crippen molar-refractivity contribution in [2.75, 3.05) is 17.7 Å². The van der Waals surface area contributed by atoms with Crippen LogP contribution >= 0.6 is 22.9 Å². The first-order chi connectivity index (χ1) is 13.6. The second-order valence-corrected chi connectivity index (χ2v) is 7.27. The van der Waals surface area contributed by atoms with Crippen LogP contribution in [0.2, 0.25) is 5.02 Å². The number of nitrogens with zero attached hydrogens (tertiary/aromatic N) is 2. The molecule has 4 aromatic rings. The summed E-state index contributed by atoms with van der Waals surface area (Å²) in [6.45, 7) is 0. The SMILES string of the molecule is CNc1cccc(-c2nc(C(=O)Nc3nccs3)c(-c3ccc(Cl)cc3)[nH]2)c1. The standard InChI is InChI=1S/C20H16ClN5OS/c1-22-15-4-2-3-13(11-15)18-24-16(12-5-7-14(21)8-6-12)17(25-18)19(27)26-20-23-9-10-28-20/h2-11,22H,1H3,(H,24,25)(H,23,26,27). The Morgan fingerprint density at radius 1 is 1.14 bits per heavy atom. The molecule has 0 radical (unpaired) electrons. The Bertz CT molecular complexity index is 1110. The number of rotatable bonds is 5. The lowest BCUT2D eigenvalue weighted by atomic mass is 10.1. The average Bonchev–Trinajstić information content (AvgIpc) is 3.38. The van der Waals surface area contributed by atoms with Crippen LogP contribution in [0.1, 0.15) is 10.5 Å². The fourth-order valence-electron chi connectivity index (χ4n) is 2.76. The van der Waals surface area contributed by atoms with Gasteiger partial charge in [0.1, 0.15) is 5.82 Å². The maximum Gasteiger partial charge on any atom is 0.278 e. The number of carbonyl (C=O) groups is 1. The number of carbonyl (C=O) groups excluding carboxylic acids is 1. The Kier molecular flexibility index (Phi) is 5.10. The quantitative estimate of drug-likeness (QED) is 0.425. The number of anilines is 2. The highest BCUT2D eigenvalue weighted by Crippen LogP contribution is 2.29. The molecule has 1 amide bonds. The van der Waals surface area contributed by atoms with Gasteiger partial charge in [0.25, 0.3) is 5.91 Å². The third-order valence-electron chi connectivity index (χ3n) is 4.13. The number of nitrogens with one attached hydrogen (secondary N) is 3. The molecule has 2 aromatic heterocycles. The molecule has 0 aliphatic heterocycles. The molecule has 0 atom stereocenters. The van der Waals surface area contributed by atoms with E-state index in [1.54, 1.807) is 23.7 Å². The number of aromatic amines is 1. The van der Waals surface area contributed by atoms with E-state index in [4.69, 9.17) is 11.6 Å². The van der Waals surface area contributed by atoms with E-state index in [1.165, 1.54) is 11.3 Å². The summed E-state index contributed by atoms with van der Waals surface area (Å²) >= 11 is 7.36. The normalized spacial score (nSPS) is 10.6. The molecule has 0 aliphatic carbocycles. The highest BCUT2D eigenvalue weighted by Gasteiger charge is 2.20. The van der Waals surface area contributed by atoms with Gasteiger partial charge >= 0.3 is 0 Å². The summed E-state index contributed by atoms with van der Waals surface area (Å²) in [6, 6.07) is 15.1. The molecule has 3 N–H and O–H groups in total. The van der Waals surface area contributed by atoms with Crippen molar-refractivity contribution in [3.63, 3.8) is 0 Å². The summed E-state index contributed by atoms with van der Waals surface area (Å²) in [4.78, 5) is 24.9. The van der Waals surface area contributed by atoms with Gasteiger partial charge in [0, 0.05) is 40.5 Å². The van der Waals surface area contributed by atoms with E-state index in [0.717, 1.165) is 16.8 Å². The molecule has 2 heterocycles. The molecule has 28 heavy (non-hydrogen) atoms. The van der Waals surface area contributed by atoms with Crippen LogP contribution in [0.3, 0.4) is 0 Å². The Labute approximate surface area is 170 Å². The Hall–Kier alpha value is -3.16. The molecule has 0 saturated heterocycles. The Morgan fingerprint density at radius 2 is 1.96 bits per heavy atom. The van der Waals surface area contributed by atoms with Crippen molar-refractivity contribution < 1.29 is 4.79 Å². The van der Waals surface area contributed by atoms with E-state index in [9.17, 15) is 4.79 Å². The average molecular weight is 410 g/mol. The summed E-state index contributed by atoms with van der Waals surface area (Å²) in [6.07, 6.45) is 1.64. The molecule has 140 valence electrons. The van der Waals surface area contributed by atoms with Crippen molar-refractivity contribution in [2.24, 2.45) is 0 Å². The van der Waals surface area contributed by atoms with Gasteiger partial charge < -0.3 is 10.3 Å². The smallest absolute Gasteiger partial charge is 0.278 e. The number of H-pyrrole nitrogens is 1. The van der Waals surface area contributed by atoms with E-state index in [0.29, 0.717) is 27.4 Å². The van der Waals surface area contributed by atoms with Crippen LogP contribution in [-0.4, -0.2) is 27.9 Å². The number of benzene rings is 2. The molecule has 0 bridgehead atoms. The zero-order chi connectivity index (χ0) is 19.5. The molecule has 0 aliphatic rings. The number of amides is 1. The largest absolute Gasteiger partial charge is 0.388 e. The van der Waals surface area contributed by atoms with Gasteiger partial charge in [0.2, 0.25) is 0 Å². The van der Waals surface area contributed by atoms with Gasteiger partial charge in [-0.25, -0.2) is 9.97 Å². The topological polar surface area (TPSA) is 82.7 Å². The highest BCUT2D eigenvalue weighted by atomic mass is 35.5. The van der Waals surface area contributed by atoms with Crippen molar-refractivity contribution in [2.45, 2.75) is 0 Å². The lowest BCUT2D eigenvalue weighted by molar-refractivity contribution is 0.102. The molecule has 8 heteroatoms. The maximum absolute atomic E-state index is 12.9. The minimum Gasteiger partial charge on any atom is -0.388 e. The van der Waals surface area contributed by atoms with Crippen molar-refractivity contribution in [3.05, 3.63) is 70.8 Å². The molecular formula is C20H16ClN5OS. The molecule has 4 rings (SSSR count). The first-order valence-corrected chi connectivity index (χ1v) is 9.75. The van der Waals surface area contributed by atoms with Gasteiger partial charge in [-0.2, -0.15) is 0 Å². The van der Waals surface area contributed by atoms with E-state index in [-0.39, 0.29) is 5.91 Å². The van der Waals surface area contributed by atoms with Crippen molar-refractivity contribution in [3.8, 4) is 22.6 Å². The number of aromatic nitrogens is 3. The third-order valence-corrected chi connectivity index (χ3v) is 5.07. The Morgan fingerprint density at radius 3 is 2.68 bits per heavy atom. The van der Waals surface area contributed by atoms with Gasteiger partial charge in [0.15, 0.2) is 10.8 Å². The number of hydrogen-bond acceptors (Lipinski definition) is 5. The van der Waals surface area contributed by atoms with Crippen molar-refractivity contribution in [1.82, 2.24) is 15.0 Å². The molecule has 0 unspecified atom stereocenters. The predicted molar refractivity (Wildman–Crippen MR) is 114 cm³/mol. The maximum atomic E-state index is 12.9. The van der Waals surface area contributed by atoms with Crippen molar-refractivity contribution >= 4 is 39.7 Å². The second kappa shape index (κ2) is 7.84. The first-order valence-electron chi connectivity index (χ1n) is 8.49. The van der Waals surface area contributed by atoms with Gasteiger partial charge in [0.05, 0.1) is 5.69 Å². The van der Waals surface area contributed by atoms with E-state index >= 15 is 0 Å². The molecule has 6 nitrogen and oxygen atoms in total. The van der Waals surface area contributed by atoms with Crippen LogP contribution in [0.4, 0.5) is 10.8 Å². The van der Waals surface area contributed by atoms with Crippen LogP contribution in [0.5, 0.6) is 0 Å². The van der Waals surface area contributed by atoms with Crippen LogP contribution in [0.25, 0.3) is 22.6 Å². The summed E-state index contributed by atoms with van der Waals surface area (Å²) < 4.78 is 0. The summed E-state index contributed by atoms with van der Waals surface area (Å²) in [5.74, 6) is 0.276.